The summed E-state index contributed by atoms with van der Waals surface area (Å²) in [5, 5.41) is 2.86. The maximum Gasteiger partial charge on any atom is 0.330 e. The minimum Gasteiger partial charge on any atom is -0.326 e. The zero-order valence-corrected chi connectivity index (χ0v) is 19.3. The third kappa shape index (κ3) is 5.80. The normalized spacial score (nSPS) is 10.9. The van der Waals surface area contributed by atoms with Crippen molar-refractivity contribution >= 4 is 22.8 Å². The van der Waals surface area contributed by atoms with Gasteiger partial charge >= 0.3 is 5.69 Å². The van der Waals surface area contributed by atoms with Gasteiger partial charge in [0.05, 0.1) is 0 Å². The first-order valence-electron chi connectivity index (χ1n) is 11.6. The fourth-order valence-corrected chi connectivity index (χ4v) is 3.83. The van der Waals surface area contributed by atoms with Crippen molar-refractivity contribution in [3.05, 3.63) is 56.5 Å². The molecule has 2 N–H and O–H groups in total. The first-order chi connectivity index (χ1) is 16.0. The van der Waals surface area contributed by atoms with E-state index < -0.39 is 11.2 Å². The average Bonchev–Trinajstić information content (AvgIpc) is 3.16. The molecule has 3 rings (SSSR count). The number of carbonyl (C=O) groups excluding carboxylic acids is 1. The number of hydrogen-bond donors (Lipinski definition) is 2. The topological polar surface area (TPSA) is 102 Å². The van der Waals surface area contributed by atoms with Crippen molar-refractivity contribution in [2.24, 2.45) is 0 Å². The molecule has 8 nitrogen and oxygen atoms in total. The van der Waals surface area contributed by atoms with E-state index >= 15 is 0 Å². The molecule has 0 atom stereocenters. The zero-order chi connectivity index (χ0) is 23.8. The van der Waals surface area contributed by atoms with Gasteiger partial charge in [0.25, 0.3) is 5.56 Å². The maximum absolute atomic E-state index is 12.7. The molecule has 3 aromatic rings. The predicted molar refractivity (Wildman–Crippen MR) is 130 cm³/mol. The summed E-state index contributed by atoms with van der Waals surface area (Å²) in [5.41, 5.74) is 1.24. The molecule has 8 heteroatoms. The number of hydrogen-bond acceptors (Lipinski definition) is 4. The van der Waals surface area contributed by atoms with Gasteiger partial charge in [-0.1, -0.05) is 45.1 Å². The van der Waals surface area contributed by atoms with E-state index in [0.717, 1.165) is 32.1 Å². The van der Waals surface area contributed by atoms with Crippen molar-refractivity contribution in [1.82, 2.24) is 19.1 Å². The highest BCUT2D eigenvalue weighted by molar-refractivity contribution is 5.91. The molecule has 0 radical (unpaired) electrons. The Labute approximate surface area is 193 Å². The van der Waals surface area contributed by atoms with Crippen LogP contribution in [0.5, 0.6) is 0 Å². The third-order valence-corrected chi connectivity index (χ3v) is 5.57. The Bertz CT molecular complexity index is 1280. The summed E-state index contributed by atoms with van der Waals surface area (Å²) in [4.78, 5) is 44.8. The SMILES string of the molecule is C#Cc1cccc(NC(=O)CCc2nc3c(c(=O)[nH]c(=O)n3CCCC)n2CCCCC)c1. The van der Waals surface area contributed by atoms with Crippen molar-refractivity contribution in [3.8, 4) is 12.3 Å². The molecule has 0 bridgehead atoms. The molecule has 33 heavy (non-hydrogen) atoms. The van der Waals surface area contributed by atoms with Crippen LogP contribution in [0.1, 0.15) is 63.8 Å². The van der Waals surface area contributed by atoms with Gasteiger partial charge in [-0.15, -0.1) is 6.42 Å². The molecule has 1 amide bonds. The molecule has 2 heterocycles. The molecule has 0 unspecified atom stereocenters. The number of imidazole rings is 1. The Kier molecular flexibility index (Phi) is 8.25. The van der Waals surface area contributed by atoms with Gasteiger partial charge < -0.3 is 9.88 Å². The molecule has 2 aromatic heterocycles. The molecule has 0 aliphatic heterocycles. The highest BCUT2D eigenvalue weighted by Crippen LogP contribution is 2.16. The quantitative estimate of drug-likeness (QED) is 0.346. The van der Waals surface area contributed by atoms with E-state index in [1.54, 1.807) is 24.3 Å². The molecule has 174 valence electrons. The second kappa shape index (κ2) is 11.3. The second-order valence-corrected chi connectivity index (χ2v) is 8.10. The van der Waals surface area contributed by atoms with Gasteiger partial charge in [0.15, 0.2) is 11.2 Å². The summed E-state index contributed by atoms with van der Waals surface area (Å²) >= 11 is 0. The van der Waals surface area contributed by atoms with Gasteiger partial charge in [-0.3, -0.25) is 19.1 Å². The van der Waals surface area contributed by atoms with Crippen LogP contribution in [-0.4, -0.2) is 25.0 Å². The lowest BCUT2D eigenvalue weighted by Gasteiger charge is -2.09. The summed E-state index contributed by atoms with van der Waals surface area (Å²) in [5.74, 6) is 3.01. The number of nitrogens with one attached hydrogen (secondary N) is 2. The number of aryl methyl sites for hydroxylation is 3. The van der Waals surface area contributed by atoms with Crippen LogP contribution in [0.3, 0.4) is 0 Å². The van der Waals surface area contributed by atoms with Gasteiger partial charge in [0.1, 0.15) is 5.82 Å². The fourth-order valence-electron chi connectivity index (χ4n) is 3.83. The minimum atomic E-state index is -0.447. The number of amides is 1. The zero-order valence-electron chi connectivity index (χ0n) is 19.3. The summed E-state index contributed by atoms with van der Waals surface area (Å²) in [6, 6.07) is 7.11. The van der Waals surface area contributed by atoms with Crippen LogP contribution in [-0.2, 0) is 24.3 Å². The highest BCUT2D eigenvalue weighted by Gasteiger charge is 2.19. The number of rotatable bonds is 11. The summed E-state index contributed by atoms with van der Waals surface area (Å²) in [6.07, 6.45) is 10.6. The third-order valence-electron chi connectivity index (χ3n) is 5.57. The molecule has 0 spiro atoms. The number of nitrogens with zero attached hydrogens (tertiary/aromatic N) is 3. The molecule has 0 fully saturated rings. The van der Waals surface area contributed by atoms with Gasteiger partial charge in [0, 0.05) is 37.2 Å². The van der Waals surface area contributed by atoms with E-state index in [0.29, 0.717) is 47.7 Å². The lowest BCUT2D eigenvalue weighted by Crippen LogP contribution is -2.31. The van der Waals surface area contributed by atoms with Crippen LogP contribution in [0.2, 0.25) is 0 Å². The molecule has 1 aromatic carbocycles. The molecule has 0 saturated carbocycles. The number of H-pyrrole nitrogens is 1. The Morgan fingerprint density at radius 1 is 1.12 bits per heavy atom. The number of benzene rings is 1. The second-order valence-electron chi connectivity index (χ2n) is 8.10. The minimum absolute atomic E-state index is 0.173. The van der Waals surface area contributed by atoms with Gasteiger partial charge in [0.2, 0.25) is 5.91 Å². The van der Waals surface area contributed by atoms with Gasteiger partial charge in [-0.2, -0.15) is 0 Å². The van der Waals surface area contributed by atoms with Crippen LogP contribution in [0.4, 0.5) is 5.69 Å². The molecule has 0 saturated heterocycles. The van der Waals surface area contributed by atoms with Crippen LogP contribution >= 0.6 is 0 Å². The lowest BCUT2D eigenvalue weighted by atomic mass is 10.2. The number of fused-ring (bicyclic) bond motifs is 1. The monoisotopic (exact) mass is 449 g/mol. The Morgan fingerprint density at radius 2 is 1.88 bits per heavy atom. The maximum atomic E-state index is 12.7. The number of unbranched alkanes of at least 4 members (excludes halogenated alkanes) is 3. The van der Waals surface area contributed by atoms with E-state index in [-0.39, 0.29) is 12.3 Å². The molecular weight excluding hydrogens is 418 g/mol. The number of aromatic amines is 1. The van der Waals surface area contributed by atoms with Crippen LogP contribution in [0.25, 0.3) is 11.2 Å². The highest BCUT2D eigenvalue weighted by atomic mass is 16.2. The van der Waals surface area contributed by atoms with Crippen LogP contribution in [0.15, 0.2) is 33.9 Å². The van der Waals surface area contributed by atoms with E-state index in [1.165, 1.54) is 4.57 Å². The number of terminal acetylenes is 1. The molecule has 0 aliphatic rings. The lowest BCUT2D eigenvalue weighted by molar-refractivity contribution is -0.116. The van der Waals surface area contributed by atoms with E-state index in [9.17, 15) is 14.4 Å². The van der Waals surface area contributed by atoms with Crippen molar-refractivity contribution in [2.75, 3.05) is 5.32 Å². The van der Waals surface area contributed by atoms with E-state index in [2.05, 4.69) is 28.1 Å². The first kappa shape index (κ1) is 24.1. The average molecular weight is 450 g/mol. The standard InChI is InChI=1S/C25H31N5O3/c1-4-7-9-16-29-20(13-14-21(31)26-19-12-10-11-18(6-3)17-19)27-23-22(29)24(32)28-25(33)30(23)15-8-5-2/h3,10-12,17H,4-5,7-9,13-16H2,1-2H3,(H,26,31)(H,28,32,33). The van der Waals surface area contributed by atoms with Crippen molar-refractivity contribution in [2.45, 2.75) is 71.9 Å². The smallest absolute Gasteiger partial charge is 0.326 e. The largest absolute Gasteiger partial charge is 0.330 e. The Hall–Kier alpha value is -3.60. The number of anilines is 1. The molecule has 0 aliphatic carbocycles. The van der Waals surface area contributed by atoms with E-state index in [4.69, 9.17) is 6.42 Å². The van der Waals surface area contributed by atoms with Gasteiger partial charge in [-0.25, -0.2) is 9.78 Å². The summed E-state index contributed by atoms with van der Waals surface area (Å²) in [7, 11) is 0. The Balaban J connectivity index is 1.89. The predicted octanol–water partition coefficient (Wildman–Crippen LogP) is 3.43. The number of carbonyl (C=O) groups is 1. The summed E-state index contributed by atoms with van der Waals surface area (Å²) < 4.78 is 3.41. The van der Waals surface area contributed by atoms with Crippen LogP contribution < -0.4 is 16.6 Å². The van der Waals surface area contributed by atoms with Crippen LogP contribution in [0, 0.1) is 12.3 Å². The van der Waals surface area contributed by atoms with Crippen molar-refractivity contribution < 1.29 is 4.79 Å². The fraction of sp³-hybridized carbons (Fsp3) is 0.440. The van der Waals surface area contributed by atoms with Crippen molar-refractivity contribution in [1.29, 1.82) is 0 Å². The van der Waals surface area contributed by atoms with Crippen molar-refractivity contribution in [3.63, 3.8) is 0 Å². The first-order valence-corrected chi connectivity index (χ1v) is 11.6. The van der Waals surface area contributed by atoms with E-state index in [1.807, 2.05) is 11.5 Å². The summed E-state index contributed by atoms with van der Waals surface area (Å²) in [6.45, 7) is 5.25. The number of aromatic nitrogens is 4. The molecular formula is C25H31N5O3. The van der Waals surface area contributed by atoms with Gasteiger partial charge in [-0.05, 0) is 31.0 Å². The Morgan fingerprint density at radius 3 is 2.61 bits per heavy atom.